The van der Waals surface area contributed by atoms with E-state index in [0.717, 1.165) is 5.56 Å². The molecule has 3 heterocycles. The summed E-state index contributed by atoms with van der Waals surface area (Å²) in [5.41, 5.74) is 0.854. The van der Waals surface area contributed by atoms with E-state index in [1.54, 1.807) is 40.5 Å². The van der Waals surface area contributed by atoms with Crippen molar-refractivity contribution in [1.82, 2.24) is 14.9 Å². The van der Waals surface area contributed by atoms with E-state index in [1.165, 1.54) is 0 Å². The van der Waals surface area contributed by atoms with Gasteiger partial charge in [-0.1, -0.05) is 12.1 Å². The first-order valence-electron chi connectivity index (χ1n) is 7.12. The van der Waals surface area contributed by atoms with Crippen molar-refractivity contribution >= 4 is 17.6 Å². The summed E-state index contributed by atoms with van der Waals surface area (Å²) in [5.74, 6) is 0.471. The summed E-state index contributed by atoms with van der Waals surface area (Å²) in [6, 6.07) is 9.10. The number of carbonyl (C=O) groups is 2. The smallest absolute Gasteiger partial charge is 0.247 e. The van der Waals surface area contributed by atoms with Gasteiger partial charge < -0.3 is 4.90 Å². The van der Waals surface area contributed by atoms with Gasteiger partial charge in [-0.2, -0.15) is 0 Å². The average Bonchev–Trinajstić information content (AvgIpc) is 2.56. The van der Waals surface area contributed by atoms with Crippen LogP contribution in [0.5, 0.6) is 0 Å². The highest BCUT2D eigenvalue weighted by Crippen LogP contribution is 2.14. The molecule has 1 aliphatic rings. The number of anilines is 1. The molecule has 2 amide bonds. The average molecular weight is 296 g/mol. The number of hydrogen-bond donors (Lipinski definition) is 0. The second-order valence-electron chi connectivity index (χ2n) is 5.09. The van der Waals surface area contributed by atoms with E-state index in [2.05, 4.69) is 9.97 Å². The Bertz CT molecular complexity index is 658. The van der Waals surface area contributed by atoms with Crippen LogP contribution in [0.15, 0.2) is 48.9 Å². The summed E-state index contributed by atoms with van der Waals surface area (Å²) in [7, 11) is 0. The van der Waals surface area contributed by atoms with Crippen LogP contribution in [0.2, 0.25) is 0 Å². The summed E-state index contributed by atoms with van der Waals surface area (Å²) < 4.78 is 0. The van der Waals surface area contributed by atoms with Gasteiger partial charge >= 0.3 is 0 Å². The minimum absolute atomic E-state index is 0.0537. The largest absolute Gasteiger partial charge is 0.331 e. The molecule has 1 aliphatic heterocycles. The molecule has 0 bridgehead atoms. The van der Waals surface area contributed by atoms with Crippen molar-refractivity contribution in [2.24, 2.45) is 0 Å². The van der Waals surface area contributed by atoms with Crippen molar-refractivity contribution in [3.05, 3.63) is 54.5 Å². The van der Waals surface area contributed by atoms with E-state index in [1.807, 2.05) is 18.2 Å². The Morgan fingerprint density at radius 3 is 2.73 bits per heavy atom. The molecule has 1 saturated heterocycles. The summed E-state index contributed by atoms with van der Waals surface area (Å²) in [4.78, 5) is 35.9. The molecule has 0 spiro atoms. The second-order valence-corrected chi connectivity index (χ2v) is 5.09. The standard InChI is InChI=1S/C16H16N4O2/c21-15(10-13-4-3-6-17-11-13)19-8-9-20(16(22)12-19)14-5-1-2-7-18-14/h1-7,11H,8-10,12H2. The lowest BCUT2D eigenvalue weighted by molar-refractivity contribution is -0.136. The quantitative estimate of drug-likeness (QED) is 0.844. The van der Waals surface area contributed by atoms with E-state index < -0.39 is 0 Å². The molecule has 0 saturated carbocycles. The van der Waals surface area contributed by atoms with Gasteiger partial charge in [0.05, 0.1) is 6.42 Å². The maximum Gasteiger partial charge on any atom is 0.247 e. The van der Waals surface area contributed by atoms with E-state index in [9.17, 15) is 9.59 Å². The normalized spacial score (nSPS) is 15.0. The zero-order chi connectivity index (χ0) is 15.4. The van der Waals surface area contributed by atoms with Crippen LogP contribution in [0, 0.1) is 0 Å². The Balaban J connectivity index is 1.63. The predicted octanol–water partition coefficient (Wildman–Crippen LogP) is 0.894. The Morgan fingerprint density at radius 1 is 1.14 bits per heavy atom. The number of nitrogens with zero attached hydrogens (tertiary/aromatic N) is 4. The SMILES string of the molecule is O=C(Cc1cccnc1)N1CCN(c2ccccn2)C(=O)C1. The van der Waals surface area contributed by atoms with Crippen molar-refractivity contribution in [2.75, 3.05) is 24.5 Å². The van der Waals surface area contributed by atoms with Crippen LogP contribution in [-0.4, -0.2) is 46.3 Å². The number of carbonyl (C=O) groups excluding carboxylic acids is 2. The molecule has 0 N–H and O–H groups in total. The molecule has 0 radical (unpaired) electrons. The van der Waals surface area contributed by atoms with E-state index in [-0.39, 0.29) is 24.8 Å². The number of hydrogen-bond acceptors (Lipinski definition) is 4. The number of pyridine rings is 2. The number of amides is 2. The molecule has 6 nitrogen and oxygen atoms in total. The van der Waals surface area contributed by atoms with Gasteiger partial charge in [0.15, 0.2) is 0 Å². The fraction of sp³-hybridized carbons (Fsp3) is 0.250. The van der Waals surface area contributed by atoms with Gasteiger partial charge in [0, 0.05) is 31.7 Å². The second kappa shape index (κ2) is 6.34. The lowest BCUT2D eigenvalue weighted by Gasteiger charge is -2.33. The minimum Gasteiger partial charge on any atom is -0.331 e. The van der Waals surface area contributed by atoms with Crippen LogP contribution in [0.25, 0.3) is 0 Å². The summed E-state index contributed by atoms with van der Waals surface area (Å²) in [6.07, 6.45) is 5.26. The highest BCUT2D eigenvalue weighted by Gasteiger charge is 2.28. The van der Waals surface area contributed by atoms with E-state index in [4.69, 9.17) is 0 Å². The van der Waals surface area contributed by atoms with Gasteiger partial charge in [-0.25, -0.2) is 4.98 Å². The van der Waals surface area contributed by atoms with Crippen molar-refractivity contribution in [1.29, 1.82) is 0 Å². The molecular formula is C16H16N4O2. The van der Waals surface area contributed by atoms with E-state index >= 15 is 0 Å². The first-order valence-corrected chi connectivity index (χ1v) is 7.12. The lowest BCUT2D eigenvalue weighted by Crippen LogP contribution is -2.53. The van der Waals surface area contributed by atoms with Gasteiger partial charge in [0.2, 0.25) is 11.8 Å². The van der Waals surface area contributed by atoms with Crippen LogP contribution < -0.4 is 4.90 Å². The predicted molar refractivity (Wildman–Crippen MR) is 81.1 cm³/mol. The maximum atomic E-state index is 12.3. The van der Waals surface area contributed by atoms with Crippen LogP contribution in [-0.2, 0) is 16.0 Å². The Morgan fingerprint density at radius 2 is 2.05 bits per heavy atom. The fourth-order valence-corrected chi connectivity index (χ4v) is 2.43. The molecule has 0 aromatic carbocycles. The highest BCUT2D eigenvalue weighted by atomic mass is 16.2. The van der Waals surface area contributed by atoms with Crippen molar-refractivity contribution < 1.29 is 9.59 Å². The molecule has 112 valence electrons. The molecule has 0 unspecified atom stereocenters. The Kier molecular flexibility index (Phi) is 4.09. The molecule has 6 heteroatoms. The monoisotopic (exact) mass is 296 g/mol. The zero-order valence-electron chi connectivity index (χ0n) is 12.1. The van der Waals surface area contributed by atoms with E-state index in [0.29, 0.717) is 18.9 Å². The molecule has 0 atom stereocenters. The first-order chi connectivity index (χ1) is 10.7. The van der Waals surface area contributed by atoms with Crippen molar-refractivity contribution in [3.63, 3.8) is 0 Å². The molecular weight excluding hydrogens is 280 g/mol. The molecule has 3 rings (SSSR count). The lowest BCUT2D eigenvalue weighted by atomic mass is 10.2. The Hall–Kier alpha value is -2.76. The fourth-order valence-electron chi connectivity index (χ4n) is 2.43. The Labute approximate surface area is 128 Å². The van der Waals surface area contributed by atoms with Gasteiger partial charge in [-0.3, -0.25) is 19.5 Å². The number of piperazine rings is 1. The first kappa shape index (κ1) is 14.2. The summed E-state index contributed by atoms with van der Waals surface area (Å²) in [5, 5.41) is 0. The molecule has 0 aliphatic carbocycles. The zero-order valence-corrected chi connectivity index (χ0v) is 12.1. The topological polar surface area (TPSA) is 66.4 Å². The maximum absolute atomic E-state index is 12.3. The summed E-state index contributed by atoms with van der Waals surface area (Å²) >= 11 is 0. The van der Waals surface area contributed by atoms with Crippen molar-refractivity contribution in [2.45, 2.75) is 6.42 Å². The molecule has 2 aromatic heterocycles. The van der Waals surface area contributed by atoms with Gasteiger partial charge in [0.1, 0.15) is 12.4 Å². The highest BCUT2D eigenvalue weighted by molar-refractivity contribution is 5.97. The van der Waals surface area contributed by atoms with Crippen LogP contribution >= 0.6 is 0 Å². The van der Waals surface area contributed by atoms with Crippen molar-refractivity contribution in [3.8, 4) is 0 Å². The van der Waals surface area contributed by atoms with Gasteiger partial charge in [-0.05, 0) is 23.8 Å². The third-order valence-electron chi connectivity index (χ3n) is 3.58. The van der Waals surface area contributed by atoms with Crippen LogP contribution in [0.1, 0.15) is 5.56 Å². The molecule has 2 aromatic rings. The third kappa shape index (κ3) is 3.11. The molecule has 1 fully saturated rings. The molecule has 22 heavy (non-hydrogen) atoms. The minimum atomic E-state index is -0.107. The van der Waals surface area contributed by atoms with Gasteiger partial charge in [-0.15, -0.1) is 0 Å². The number of aromatic nitrogens is 2. The van der Waals surface area contributed by atoms with Crippen LogP contribution in [0.3, 0.4) is 0 Å². The van der Waals surface area contributed by atoms with Crippen LogP contribution in [0.4, 0.5) is 5.82 Å². The third-order valence-corrected chi connectivity index (χ3v) is 3.58. The van der Waals surface area contributed by atoms with Gasteiger partial charge in [0.25, 0.3) is 0 Å². The number of rotatable bonds is 3. The summed E-state index contributed by atoms with van der Waals surface area (Å²) in [6.45, 7) is 1.08.